The van der Waals surface area contributed by atoms with Crippen LogP contribution in [0.4, 0.5) is 5.69 Å². The molecule has 1 amide bonds. The average molecular weight is 298 g/mol. The van der Waals surface area contributed by atoms with Crippen molar-refractivity contribution in [1.82, 2.24) is 0 Å². The van der Waals surface area contributed by atoms with Crippen molar-refractivity contribution in [3.63, 3.8) is 0 Å². The Hall–Kier alpha value is -2.32. The number of carbonyl (C=O) groups is 1. The van der Waals surface area contributed by atoms with E-state index in [1.54, 1.807) is 12.1 Å². The molecule has 2 rings (SSSR count). The van der Waals surface area contributed by atoms with Gasteiger partial charge in [-0.2, -0.15) is 0 Å². The lowest BCUT2D eigenvalue weighted by atomic mass is 10.1. The summed E-state index contributed by atoms with van der Waals surface area (Å²) in [6.07, 6.45) is 5.70. The van der Waals surface area contributed by atoms with Crippen LogP contribution < -0.4 is 5.32 Å². The van der Waals surface area contributed by atoms with Crippen LogP contribution in [0.25, 0.3) is 6.08 Å². The highest BCUT2D eigenvalue weighted by molar-refractivity contribution is 6.32. The van der Waals surface area contributed by atoms with Crippen LogP contribution in [-0.4, -0.2) is 5.91 Å². The van der Waals surface area contributed by atoms with Crippen LogP contribution in [-0.2, 0) is 11.2 Å². The van der Waals surface area contributed by atoms with E-state index in [1.807, 2.05) is 48.5 Å². The number of hydrogen-bond acceptors (Lipinski definition) is 1. The maximum absolute atomic E-state index is 12.0. The first-order chi connectivity index (χ1) is 10.2. The first-order valence-electron chi connectivity index (χ1n) is 6.63. The number of rotatable bonds is 5. The summed E-state index contributed by atoms with van der Waals surface area (Å²) in [6, 6.07) is 15.0. The molecule has 0 saturated carbocycles. The Labute approximate surface area is 129 Å². The Bertz CT molecular complexity index is 676. The Morgan fingerprint density at radius 1 is 1.14 bits per heavy atom. The van der Waals surface area contributed by atoms with Crippen molar-refractivity contribution < 1.29 is 4.79 Å². The van der Waals surface area contributed by atoms with E-state index < -0.39 is 0 Å². The van der Waals surface area contributed by atoms with Gasteiger partial charge >= 0.3 is 0 Å². The first kappa shape index (κ1) is 15.1. The van der Waals surface area contributed by atoms with Gasteiger partial charge in [0.2, 0.25) is 5.91 Å². The molecule has 2 aromatic rings. The molecule has 21 heavy (non-hydrogen) atoms. The lowest BCUT2D eigenvalue weighted by Crippen LogP contribution is -2.09. The highest BCUT2D eigenvalue weighted by Crippen LogP contribution is 2.18. The third-order valence-corrected chi connectivity index (χ3v) is 3.30. The number of nitrogens with one attached hydrogen (secondary N) is 1. The van der Waals surface area contributed by atoms with Crippen molar-refractivity contribution in [2.75, 3.05) is 5.32 Å². The maximum Gasteiger partial charge on any atom is 0.248 e. The summed E-state index contributed by atoms with van der Waals surface area (Å²) in [6.45, 7) is 3.72. The van der Waals surface area contributed by atoms with Crippen molar-refractivity contribution in [3.8, 4) is 0 Å². The number of amides is 1. The molecule has 1 N–H and O–H groups in total. The highest BCUT2D eigenvalue weighted by atomic mass is 35.5. The zero-order valence-corrected chi connectivity index (χ0v) is 12.3. The molecule has 0 radical (unpaired) electrons. The molecule has 0 unspecified atom stereocenters. The zero-order chi connectivity index (χ0) is 15.1. The summed E-state index contributed by atoms with van der Waals surface area (Å²) in [7, 11) is 0. The van der Waals surface area contributed by atoms with Crippen LogP contribution in [0.3, 0.4) is 0 Å². The minimum absolute atomic E-state index is 0.188. The van der Waals surface area contributed by atoms with Crippen LogP contribution in [0.5, 0.6) is 0 Å². The molecule has 2 nitrogen and oxygen atoms in total. The smallest absolute Gasteiger partial charge is 0.248 e. The standard InChI is InChI=1S/C18H16ClNO/c1-2-7-15-9-4-6-11-17(15)20-18(21)13-12-14-8-3-5-10-16(14)19/h2-6,8-13H,1,7H2,(H,20,21)/b13-12+. The van der Waals surface area contributed by atoms with Crippen molar-refractivity contribution in [2.45, 2.75) is 6.42 Å². The summed E-state index contributed by atoms with van der Waals surface area (Å²) in [5.41, 5.74) is 2.65. The molecular formula is C18H16ClNO. The van der Waals surface area contributed by atoms with Gasteiger partial charge in [0, 0.05) is 16.8 Å². The average Bonchev–Trinajstić information content (AvgIpc) is 2.49. The van der Waals surface area contributed by atoms with E-state index in [1.165, 1.54) is 6.08 Å². The fraction of sp³-hybridized carbons (Fsp3) is 0.0556. The highest BCUT2D eigenvalue weighted by Gasteiger charge is 2.03. The predicted molar refractivity (Wildman–Crippen MR) is 89.5 cm³/mol. The molecule has 3 heteroatoms. The van der Waals surface area contributed by atoms with Gasteiger partial charge in [-0.3, -0.25) is 4.79 Å². The lowest BCUT2D eigenvalue weighted by molar-refractivity contribution is -0.111. The second-order valence-electron chi connectivity index (χ2n) is 4.49. The molecule has 0 aliphatic carbocycles. The lowest BCUT2D eigenvalue weighted by Gasteiger charge is -2.07. The fourth-order valence-corrected chi connectivity index (χ4v) is 2.12. The number of halogens is 1. The fourth-order valence-electron chi connectivity index (χ4n) is 1.93. The Balaban J connectivity index is 2.09. The number of allylic oxidation sites excluding steroid dienone is 1. The molecule has 106 valence electrons. The third kappa shape index (κ3) is 4.33. The first-order valence-corrected chi connectivity index (χ1v) is 7.01. The Morgan fingerprint density at radius 3 is 2.62 bits per heavy atom. The number of anilines is 1. The molecule has 0 heterocycles. The van der Waals surface area contributed by atoms with Gasteiger partial charge in [0.05, 0.1) is 0 Å². The molecular weight excluding hydrogens is 282 g/mol. The normalized spacial score (nSPS) is 10.5. The summed E-state index contributed by atoms with van der Waals surface area (Å²) < 4.78 is 0. The van der Waals surface area contributed by atoms with Crippen molar-refractivity contribution in [1.29, 1.82) is 0 Å². The van der Waals surface area contributed by atoms with Crippen LogP contribution in [0.15, 0.2) is 67.3 Å². The van der Waals surface area contributed by atoms with E-state index in [2.05, 4.69) is 11.9 Å². The summed E-state index contributed by atoms with van der Waals surface area (Å²) in [5, 5.41) is 3.49. The molecule has 0 aromatic heterocycles. The quantitative estimate of drug-likeness (QED) is 0.628. The van der Waals surface area contributed by atoms with E-state index in [-0.39, 0.29) is 5.91 Å². The van der Waals surface area contributed by atoms with Gasteiger partial charge in [0.15, 0.2) is 0 Å². The Kier molecular flexibility index (Phi) is 5.35. The maximum atomic E-state index is 12.0. The van der Waals surface area contributed by atoms with Crippen molar-refractivity contribution >= 4 is 29.3 Å². The molecule has 0 spiro atoms. The van der Waals surface area contributed by atoms with Crippen molar-refractivity contribution in [2.24, 2.45) is 0 Å². The monoisotopic (exact) mass is 297 g/mol. The predicted octanol–water partition coefficient (Wildman–Crippen LogP) is 4.72. The van der Waals surface area contributed by atoms with E-state index in [4.69, 9.17) is 11.6 Å². The van der Waals surface area contributed by atoms with E-state index >= 15 is 0 Å². The summed E-state index contributed by atoms with van der Waals surface area (Å²) in [5.74, 6) is -0.188. The van der Waals surface area contributed by atoms with Crippen molar-refractivity contribution in [3.05, 3.63) is 83.4 Å². The molecule has 0 saturated heterocycles. The molecule has 0 aliphatic heterocycles. The van der Waals surface area contributed by atoms with Gasteiger partial charge in [0.25, 0.3) is 0 Å². The number of carbonyl (C=O) groups excluding carboxylic acids is 1. The number of para-hydroxylation sites is 1. The van der Waals surface area contributed by atoms with Gasteiger partial charge in [-0.25, -0.2) is 0 Å². The SMILES string of the molecule is C=CCc1ccccc1NC(=O)/C=C/c1ccccc1Cl. The Morgan fingerprint density at radius 2 is 1.86 bits per heavy atom. The van der Waals surface area contributed by atoms with Crippen LogP contribution >= 0.6 is 11.6 Å². The van der Waals surface area contributed by atoms with E-state index in [0.717, 1.165) is 16.8 Å². The topological polar surface area (TPSA) is 29.1 Å². The minimum Gasteiger partial charge on any atom is -0.322 e. The zero-order valence-electron chi connectivity index (χ0n) is 11.6. The summed E-state index contributed by atoms with van der Waals surface area (Å²) in [4.78, 5) is 12.0. The molecule has 0 atom stereocenters. The van der Waals surface area contributed by atoms with Crippen LogP contribution in [0.1, 0.15) is 11.1 Å². The third-order valence-electron chi connectivity index (χ3n) is 2.96. The van der Waals surface area contributed by atoms with Crippen LogP contribution in [0.2, 0.25) is 5.02 Å². The van der Waals surface area contributed by atoms with Crippen LogP contribution in [0, 0.1) is 0 Å². The summed E-state index contributed by atoms with van der Waals surface area (Å²) >= 11 is 6.04. The molecule has 0 fully saturated rings. The van der Waals surface area contributed by atoms with Gasteiger partial charge in [-0.1, -0.05) is 54.1 Å². The number of hydrogen-bond donors (Lipinski definition) is 1. The second kappa shape index (κ2) is 7.46. The minimum atomic E-state index is -0.188. The van der Waals surface area contributed by atoms with E-state index in [9.17, 15) is 4.79 Å². The molecule has 0 bridgehead atoms. The van der Waals surface area contributed by atoms with E-state index in [0.29, 0.717) is 11.4 Å². The number of benzene rings is 2. The van der Waals surface area contributed by atoms with Gasteiger partial charge < -0.3 is 5.32 Å². The van der Waals surface area contributed by atoms with Gasteiger partial charge in [-0.05, 0) is 35.8 Å². The molecule has 2 aromatic carbocycles. The largest absolute Gasteiger partial charge is 0.322 e. The van der Waals surface area contributed by atoms with Gasteiger partial charge in [0.1, 0.15) is 0 Å². The second-order valence-corrected chi connectivity index (χ2v) is 4.90. The molecule has 0 aliphatic rings. The van der Waals surface area contributed by atoms with Gasteiger partial charge in [-0.15, -0.1) is 6.58 Å².